The lowest BCUT2D eigenvalue weighted by atomic mass is 9.90. The minimum absolute atomic E-state index is 0.119. The van der Waals surface area contributed by atoms with E-state index in [0.717, 1.165) is 24.8 Å². The van der Waals surface area contributed by atoms with E-state index in [4.69, 9.17) is 21.3 Å². The molecular weight excluding hydrogens is 577 g/mol. The first-order chi connectivity index (χ1) is 20.9. The summed E-state index contributed by atoms with van der Waals surface area (Å²) in [6, 6.07) is 12.7. The molecule has 6 rings (SSSR count). The van der Waals surface area contributed by atoms with Gasteiger partial charge in [0.1, 0.15) is 41.0 Å². The molecule has 13 heteroatoms. The lowest BCUT2D eigenvalue weighted by Gasteiger charge is -2.32. The number of fused-ring (bicyclic) bond motifs is 1. The summed E-state index contributed by atoms with van der Waals surface area (Å²) in [5.74, 6) is 0.406. The van der Waals surface area contributed by atoms with Gasteiger partial charge in [0.25, 0.3) is 5.91 Å². The standard InChI is InChI=1S/C30H29ClFN7O4/c31-17-8-9-27(43-20(14-40)15-41)22(10-17)30(42)36-18-4-3-5-19(11-18)39-26-12-24(28-34-16-35-38-28)33-13-25(26)37-29(39)21-6-1-2-7-23(21)32/h1-2,6-10,12-13,16,18-20,40-41H,3-5,11,14-15H2,(H,36,42)(H,34,35,38)/t18-,19+/m0/s1. The molecule has 4 N–H and O–H groups in total. The number of amides is 1. The van der Waals surface area contributed by atoms with E-state index in [-0.39, 0.29) is 35.1 Å². The molecule has 5 aromatic rings. The van der Waals surface area contributed by atoms with Crippen molar-refractivity contribution in [2.24, 2.45) is 0 Å². The van der Waals surface area contributed by atoms with E-state index < -0.39 is 19.3 Å². The van der Waals surface area contributed by atoms with Crippen molar-refractivity contribution in [1.29, 1.82) is 0 Å². The highest BCUT2D eigenvalue weighted by Crippen LogP contribution is 2.37. The van der Waals surface area contributed by atoms with Gasteiger partial charge in [-0.1, -0.05) is 23.7 Å². The maximum Gasteiger partial charge on any atom is 0.255 e. The second-order valence-electron chi connectivity index (χ2n) is 10.4. The topological polar surface area (TPSA) is 151 Å². The van der Waals surface area contributed by atoms with Gasteiger partial charge in [-0.3, -0.25) is 14.9 Å². The van der Waals surface area contributed by atoms with E-state index in [1.807, 2.05) is 10.6 Å². The molecule has 1 amide bonds. The third-order valence-corrected chi connectivity index (χ3v) is 7.82. The number of H-pyrrole nitrogens is 1. The monoisotopic (exact) mass is 605 g/mol. The molecule has 3 heterocycles. The van der Waals surface area contributed by atoms with Crippen molar-refractivity contribution in [3.05, 3.63) is 77.5 Å². The van der Waals surface area contributed by atoms with Crippen molar-refractivity contribution in [2.45, 2.75) is 43.9 Å². The number of rotatable bonds is 9. The van der Waals surface area contributed by atoms with Crippen LogP contribution in [0, 0.1) is 5.82 Å². The van der Waals surface area contributed by atoms with E-state index in [0.29, 0.717) is 39.9 Å². The molecule has 43 heavy (non-hydrogen) atoms. The van der Waals surface area contributed by atoms with Crippen LogP contribution in [0.5, 0.6) is 5.75 Å². The van der Waals surface area contributed by atoms with Gasteiger partial charge >= 0.3 is 0 Å². The number of aliphatic hydroxyl groups excluding tert-OH is 2. The second-order valence-corrected chi connectivity index (χ2v) is 10.9. The fourth-order valence-electron chi connectivity index (χ4n) is 5.55. The molecule has 3 aromatic heterocycles. The number of hydrogen-bond acceptors (Lipinski definition) is 8. The number of benzene rings is 2. The summed E-state index contributed by atoms with van der Waals surface area (Å²) in [4.78, 5) is 27.0. The van der Waals surface area contributed by atoms with Crippen molar-refractivity contribution in [3.8, 4) is 28.7 Å². The summed E-state index contributed by atoms with van der Waals surface area (Å²) < 4.78 is 22.8. The summed E-state index contributed by atoms with van der Waals surface area (Å²) in [5.41, 5.74) is 2.51. The number of carbonyl (C=O) groups is 1. The van der Waals surface area contributed by atoms with Gasteiger partial charge in [-0.15, -0.1) is 0 Å². The molecule has 0 spiro atoms. The summed E-state index contributed by atoms with van der Waals surface area (Å²) in [7, 11) is 0. The predicted molar refractivity (Wildman–Crippen MR) is 157 cm³/mol. The largest absolute Gasteiger partial charge is 0.485 e. The van der Waals surface area contributed by atoms with Gasteiger partial charge in [0, 0.05) is 17.1 Å². The summed E-state index contributed by atoms with van der Waals surface area (Å²) in [5, 5.41) is 29.1. The van der Waals surface area contributed by atoms with Crippen LogP contribution in [0.3, 0.4) is 0 Å². The first kappa shape index (κ1) is 28.7. The lowest BCUT2D eigenvalue weighted by Crippen LogP contribution is -2.39. The Morgan fingerprint density at radius 3 is 2.77 bits per heavy atom. The number of aromatic nitrogens is 6. The van der Waals surface area contributed by atoms with E-state index in [9.17, 15) is 15.0 Å². The predicted octanol–water partition coefficient (Wildman–Crippen LogP) is 4.32. The van der Waals surface area contributed by atoms with Crippen LogP contribution in [0.15, 0.2) is 61.1 Å². The van der Waals surface area contributed by atoms with E-state index >= 15 is 4.39 Å². The maximum atomic E-state index is 15.1. The fourth-order valence-corrected chi connectivity index (χ4v) is 5.72. The molecular formula is C30H29ClFN7O4. The number of carbonyl (C=O) groups excluding carboxylic acids is 1. The van der Waals surface area contributed by atoms with Gasteiger partial charge in [-0.25, -0.2) is 14.4 Å². The highest BCUT2D eigenvalue weighted by Gasteiger charge is 2.30. The zero-order valence-corrected chi connectivity index (χ0v) is 23.7. The Bertz CT molecular complexity index is 1740. The van der Waals surface area contributed by atoms with Crippen LogP contribution in [0.1, 0.15) is 42.1 Å². The van der Waals surface area contributed by atoms with Gasteiger partial charge < -0.3 is 24.8 Å². The second kappa shape index (κ2) is 12.5. The Balaban J connectivity index is 1.33. The Labute approximate surface area is 250 Å². The molecule has 0 radical (unpaired) electrons. The SMILES string of the molecule is O=C(N[C@H]1CCC[C@@H](n2c(-c3ccccc3F)nc3cnc(-c4ncn[nH]4)cc32)C1)c1cc(Cl)ccc1OC(CO)CO. The van der Waals surface area contributed by atoms with Crippen molar-refractivity contribution < 1.29 is 24.1 Å². The number of aromatic amines is 1. The van der Waals surface area contributed by atoms with Crippen LogP contribution in [0.4, 0.5) is 4.39 Å². The number of pyridine rings is 1. The van der Waals surface area contributed by atoms with Crippen molar-refractivity contribution >= 4 is 28.5 Å². The quantitative estimate of drug-likeness (QED) is 0.194. The van der Waals surface area contributed by atoms with E-state index in [1.165, 1.54) is 24.5 Å². The lowest BCUT2D eigenvalue weighted by molar-refractivity contribution is 0.0612. The van der Waals surface area contributed by atoms with Gasteiger partial charge in [-0.2, -0.15) is 5.10 Å². The van der Waals surface area contributed by atoms with Crippen molar-refractivity contribution in [1.82, 2.24) is 35.0 Å². The molecule has 1 saturated carbocycles. The van der Waals surface area contributed by atoms with Gasteiger partial charge in [0.15, 0.2) is 5.82 Å². The van der Waals surface area contributed by atoms with Crippen LogP contribution >= 0.6 is 11.6 Å². The van der Waals surface area contributed by atoms with E-state index in [2.05, 4.69) is 25.5 Å². The zero-order valence-electron chi connectivity index (χ0n) is 23.0. The minimum Gasteiger partial charge on any atom is -0.485 e. The summed E-state index contributed by atoms with van der Waals surface area (Å²) in [6.45, 7) is -0.831. The molecule has 0 bridgehead atoms. The van der Waals surface area contributed by atoms with Crippen LogP contribution < -0.4 is 10.1 Å². The summed E-state index contributed by atoms with van der Waals surface area (Å²) in [6.07, 6.45) is 5.06. The average Bonchev–Trinajstić information content (AvgIpc) is 3.69. The molecule has 0 unspecified atom stereocenters. The number of nitrogens with one attached hydrogen (secondary N) is 2. The molecule has 2 aromatic carbocycles. The molecule has 1 fully saturated rings. The average molecular weight is 606 g/mol. The highest BCUT2D eigenvalue weighted by atomic mass is 35.5. The van der Waals surface area contributed by atoms with Gasteiger partial charge in [0.05, 0.1) is 36.1 Å². The molecule has 1 aliphatic rings. The van der Waals surface area contributed by atoms with Crippen LogP contribution in [-0.2, 0) is 0 Å². The Morgan fingerprint density at radius 2 is 2.00 bits per heavy atom. The third kappa shape index (κ3) is 5.94. The highest BCUT2D eigenvalue weighted by molar-refractivity contribution is 6.31. The number of hydrogen-bond donors (Lipinski definition) is 4. The normalized spacial score (nSPS) is 17.0. The Morgan fingerprint density at radius 1 is 1.16 bits per heavy atom. The Kier molecular flexibility index (Phi) is 8.32. The number of aliphatic hydroxyl groups is 2. The van der Waals surface area contributed by atoms with Crippen LogP contribution in [0.2, 0.25) is 5.02 Å². The van der Waals surface area contributed by atoms with Crippen LogP contribution in [0.25, 0.3) is 33.9 Å². The van der Waals surface area contributed by atoms with Crippen molar-refractivity contribution in [2.75, 3.05) is 13.2 Å². The van der Waals surface area contributed by atoms with Gasteiger partial charge in [0.2, 0.25) is 0 Å². The summed E-state index contributed by atoms with van der Waals surface area (Å²) >= 11 is 6.20. The molecule has 0 aliphatic heterocycles. The number of nitrogens with zero attached hydrogens (tertiary/aromatic N) is 5. The Hall–Kier alpha value is -4.39. The zero-order chi connectivity index (χ0) is 29.9. The van der Waals surface area contributed by atoms with E-state index in [1.54, 1.807) is 30.5 Å². The van der Waals surface area contributed by atoms with Crippen LogP contribution in [-0.4, -0.2) is 71.2 Å². The number of ether oxygens (including phenoxy) is 1. The number of imidazole rings is 1. The first-order valence-electron chi connectivity index (χ1n) is 13.9. The molecule has 0 saturated heterocycles. The molecule has 1 aliphatic carbocycles. The maximum absolute atomic E-state index is 15.1. The minimum atomic E-state index is -0.880. The van der Waals surface area contributed by atoms with Gasteiger partial charge in [-0.05, 0) is 62.1 Å². The third-order valence-electron chi connectivity index (χ3n) is 7.58. The first-order valence-corrected chi connectivity index (χ1v) is 14.3. The molecule has 222 valence electrons. The fraction of sp³-hybridized carbons (Fsp3) is 0.300. The molecule has 11 nitrogen and oxygen atoms in total. The number of halogens is 2. The smallest absolute Gasteiger partial charge is 0.255 e. The van der Waals surface area contributed by atoms with Crippen molar-refractivity contribution in [3.63, 3.8) is 0 Å². The molecule has 2 atom stereocenters.